The van der Waals surface area contributed by atoms with Crippen LogP contribution in [0.4, 0.5) is 19.1 Å². The average Bonchev–Trinajstić information content (AvgIpc) is 2.47. The van der Waals surface area contributed by atoms with Crippen LogP contribution in [-0.4, -0.2) is 54.4 Å². The van der Waals surface area contributed by atoms with Crippen molar-refractivity contribution < 1.29 is 22.7 Å². The molecule has 1 N–H and O–H groups in total. The maximum absolute atomic E-state index is 11.9. The summed E-state index contributed by atoms with van der Waals surface area (Å²) < 4.78 is 40.1. The number of piperidine rings is 1. The van der Waals surface area contributed by atoms with Crippen molar-refractivity contribution in [2.24, 2.45) is 0 Å². The molecule has 122 valence electrons. The molecule has 6 nitrogen and oxygen atoms in total. The van der Waals surface area contributed by atoms with Crippen molar-refractivity contribution in [1.29, 1.82) is 0 Å². The van der Waals surface area contributed by atoms with Crippen molar-refractivity contribution in [2.75, 3.05) is 31.2 Å². The predicted octanol–water partition coefficient (Wildman–Crippen LogP) is 1.14. The number of carbonyl (C=O) groups excluding carboxylic acids is 1. The van der Waals surface area contributed by atoms with Crippen molar-refractivity contribution in [2.45, 2.75) is 25.1 Å². The number of hydrogen-bond acceptors (Lipinski definition) is 5. The summed E-state index contributed by atoms with van der Waals surface area (Å²) in [7, 11) is 0. The van der Waals surface area contributed by atoms with Crippen molar-refractivity contribution >= 4 is 11.9 Å². The second-order valence-corrected chi connectivity index (χ2v) is 5.01. The van der Waals surface area contributed by atoms with Gasteiger partial charge in [0.1, 0.15) is 13.2 Å². The number of carbonyl (C=O) groups is 1. The Morgan fingerprint density at radius 2 is 2.14 bits per heavy atom. The van der Waals surface area contributed by atoms with Gasteiger partial charge in [-0.3, -0.25) is 4.79 Å². The van der Waals surface area contributed by atoms with Crippen LogP contribution in [0.5, 0.6) is 0 Å². The van der Waals surface area contributed by atoms with Crippen LogP contribution in [0.25, 0.3) is 0 Å². The van der Waals surface area contributed by atoms with Crippen LogP contribution in [0.1, 0.15) is 12.8 Å². The summed E-state index contributed by atoms with van der Waals surface area (Å²) in [4.78, 5) is 21.8. The van der Waals surface area contributed by atoms with E-state index in [9.17, 15) is 18.0 Å². The largest absolute Gasteiger partial charge is 0.411 e. The average molecular weight is 318 g/mol. The van der Waals surface area contributed by atoms with E-state index in [0.717, 1.165) is 19.4 Å². The topological polar surface area (TPSA) is 67.3 Å². The van der Waals surface area contributed by atoms with Gasteiger partial charge in [0.05, 0.1) is 0 Å². The number of aromatic nitrogens is 2. The minimum Gasteiger partial charge on any atom is -0.362 e. The number of hydrogen-bond donors (Lipinski definition) is 1. The third kappa shape index (κ3) is 5.47. The predicted molar refractivity (Wildman–Crippen MR) is 72.3 cm³/mol. The van der Waals surface area contributed by atoms with E-state index in [2.05, 4.69) is 20.0 Å². The Hall–Kier alpha value is -1.90. The molecule has 1 fully saturated rings. The number of rotatable bonds is 5. The standard InChI is InChI=1S/C13H17F3N4O2/c14-13(15,16)9-22-8-11(21)19-10-3-1-6-20(7-10)12-17-4-2-5-18-12/h2,4-5,10H,1,3,6-9H2,(H,19,21)/t10-/m0/s1. The van der Waals surface area contributed by atoms with Crippen LogP contribution in [-0.2, 0) is 9.53 Å². The molecule has 1 aliphatic rings. The Balaban J connectivity index is 1.77. The first kappa shape index (κ1) is 16.5. The first-order valence-corrected chi connectivity index (χ1v) is 6.90. The second kappa shape index (κ2) is 7.39. The third-order valence-electron chi connectivity index (χ3n) is 3.12. The molecule has 1 saturated heterocycles. The number of alkyl halides is 3. The van der Waals surface area contributed by atoms with E-state index in [1.807, 2.05) is 4.90 Å². The maximum Gasteiger partial charge on any atom is 0.411 e. The van der Waals surface area contributed by atoms with Gasteiger partial charge >= 0.3 is 6.18 Å². The summed E-state index contributed by atoms with van der Waals surface area (Å²) in [6, 6.07) is 1.56. The molecule has 0 aliphatic carbocycles. The smallest absolute Gasteiger partial charge is 0.362 e. The van der Waals surface area contributed by atoms with E-state index < -0.39 is 25.3 Å². The minimum absolute atomic E-state index is 0.153. The van der Waals surface area contributed by atoms with E-state index in [-0.39, 0.29) is 6.04 Å². The molecule has 1 atom stereocenters. The first-order chi connectivity index (χ1) is 10.4. The Morgan fingerprint density at radius 1 is 1.41 bits per heavy atom. The fourth-order valence-electron chi connectivity index (χ4n) is 2.26. The number of anilines is 1. The molecular weight excluding hydrogens is 301 g/mol. The van der Waals surface area contributed by atoms with Crippen LogP contribution >= 0.6 is 0 Å². The zero-order valence-corrected chi connectivity index (χ0v) is 11.8. The zero-order valence-electron chi connectivity index (χ0n) is 11.8. The molecule has 1 aromatic rings. The SMILES string of the molecule is O=C(COCC(F)(F)F)N[C@H]1CCCN(c2ncccn2)C1. The third-order valence-corrected chi connectivity index (χ3v) is 3.12. The molecule has 22 heavy (non-hydrogen) atoms. The highest BCUT2D eigenvalue weighted by atomic mass is 19.4. The van der Waals surface area contributed by atoms with Crippen LogP contribution in [0, 0.1) is 0 Å². The highest BCUT2D eigenvalue weighted by Crippen LogP contribution is 2.16. The number of amides is 1. The van der Waals surface area contributed by atoms with E-state index in [4.69, 9.17) is 0 Å². The quantitative estimate of drug-likeness (QED) is 0.882. The Morgan fingerprint density at radius 3 is 2.82 bits per heavy atom. The fraction of sp³-hybridized carbons (Fsp3) is 0.615. The van der Waals surface area contributed by atoms with Gasteiger partial charge in [0.25, 0.3) is 0 Å². The van der Waals surface area contributed by atoms with Gasteiger partial charge in [-0.25, -0.2) is 9.97 Å². The minimum atomic E-state index is -4.42. The van der Waals surface area contributed by atoms with E-state index in [1.165, 1.54) is 0 Å². The molecule has 1 aliphatic heterocycles. The van der Waals surface area contributed by atoms with Gasteiger partial charge in [-0.15, -0.1) is 0 Å². The van der Waals surface area contributed by atoms with Crippen LogP contribution in [0.15, 0.2) is 18.5 Å². The lowest BCUT2D eigenvalue weighted by atomic mass is 10.1. The van der Waals surface area contributed by atoms with Gasteiger partial charge in [0.15, 0.2) is 0 Å². The number of ether oxygens (including phenoxy) is 1. The van der Waals surface area contributed by atoms with Gasteiger partial charge in [-0.05, 0) is 18.9 Å². The van der Waals surface area contributed by atoms with Gasteiger partial charge in [-0.1, -0.05) is 0 Å². The molecule has 0 spiro atoms. The number of nitrogens with zero attached hydrogens (tertiary/aromatic N) is 3. The zero-order chi connectivity index (χ0) is 16.0. The molecule has 9 heteroatoms. The summed E-state index contributed by atoms with van der Waals surface area (Å²) in [5.74, 6) is 0.0276. The highest BCUT2D eigenvalue weighted by molar-refractivity contribution is 5.77. The van der Waals surface area contributed by atoms with Crippen molar-refractivity contribution in [3.8, 4) is 0 Å². The molecule has 0 radical (unpaired) electrons. The summed E-state index contributed by atoms with van der Waals surface area (Å²) in [6.07, 6.45) is 0.443. The lowest BCUT2D eigenvalue weighted by Gasteiger charge is -2.33. The Bertz CT molecular complexity index is 484. The summed E-state index contributed by atoms with van der Waals surface area (Å²) in [5.41, 5.74) is 0. The van der Waals surface area contributed by atoms with Crippen molar-refractivity contribution in [3.05, 3.63) is 18.5 Å². The monoisotopic (exact) mass is 318 g/mol. The van der Waals surface area contributed by atoms with E-state index in [0.29, 0.717) is 12.5 Å². The molecule has 0 saturated carbocycles. The van der Waals surface area contributed by atoms with Crippen LogP contribution < -0.4 is 10.2 Å². The van der Waals surface area contributed by atoms with Crippen molar-refractivity contribution in [3.63, 3.8) is 0 Å². The van der Waals surface area contributed by atoms with E-state index in [1.54, 1.807) is 18.5 Å². The van der Waals surface area contributed by atoms with Crippen LogP contribution in [0.2, 0.25) is 0 Å². The molecule has 0 unspecified atom stereocenters. The Labute approximate surface area is 125 Å². The van der Waals surface area contributed by atoms with Crippen molar-refractivity contribution in [1.82, 2.24) is 15.3 Å². The maximum atomic E-state index is 11.9. The molecule has 2 heterocycles. The second-order valence-electron chi connectivity index (χ2n) is 5.01. The number of nitrogens with one attached hydrogen (secondary N) is 1. The first-order valence-electron chi connectivity index (χ1n) is 6.90. The normalized spacial score (nSPS) is 19.0. The highest BCUT2D eigenvalue weighted by Gasteiger charge is 2.28. The molecule has 0 aromatic carbocycles. The Kier molecular flexibility index (Phi) is 5.53. The van der Waals surface area contributed by atoms with Gasteiger partial charge in [-0.2, -0.15) is 13.2 Å². The molecule has 1 amide bonds. The lowest BCUT2D eigenvalue weighted by molar-refractivity contribution is -0.175. The lowest BCUT2D eigenvalue weighted by Crippen LogP contribution is -2.49. The van der Waals surface area contributed by atoms with Gasteiger partial charge in [0, 0.05) is 31.5 Å². The summed E-state index contributed by atoms with van der Waals surface area (Å²) in [5, 5.41) is 2.68. The number of halogens is 3. The molecule has 0 bridgehead atoms. The van der Waals surface area contributed by atoms with Gasteiger partial charge < -0.3 is 15.0 Å². The van der Waals surface area contributed by atoms with Gasteiger partial charge in [0.2, 0.25) is 11.9 Å². The molecule has 2 rings (SSSR count). The fourth-order valence-corrected chi connectivity index (χ4v) is 2.26. The van der Waals surface area contributed by atoms with E-state index >= 15 is 0 Å². The van der Waals surface area contributed by atoms with Crippen LogP contribution in [0.3, 0.4) is 0 Å². The molecular formula is C13H17F3N4O2. The summed E-state index contributed by atoms with van der Waals surface area (Å²) in [6.45, 7) is -0.719. The molecule has 1 aromatic heterocycles. The summed E-state index contributed by atoms with van der Waals surface area (Å²) >= 11 is 0.